The first-order valence-electron chi connectivity index (χ1n) is 6.05. The van der Waals surface area contributed by atoms with Crippen LogP contribution >= 0.6 is 11.6 Å². The highest BCUT2D eigenvalue weighted by Crippen LogP contribution is 2.23. The van der Waals surface area contributed by atoms with Crippen LogP contribution in [0, 0.1) is 0 Å². The van der Waals surface area contributed by atoms with Crippen molar-refractivity contribution in [1.82, 2.24) is 10.2 Å². The predicted octanol–water partition coefficient (Wildman–Crippen LogP) is 1.81. The van der Waals surface area contributed by atoms with E-state index in [0.29, 0.717) is 0 Å². The lowest BCUT2D eigenvalue weighted by Gasteiger charge is -2.27. The van der Waals surface area contributed by atoms with Crippen LogP contribution in [-0.2, 0) is 6.54 Å². The van der Waals surface area contributed by atoms with Crippen molar-refractivity contribution in [3.05, 3.63) is 28.8 Å². The van der Waals surface area contributed by atoms with Gasteiger partial charge in [-0.3, -0.25) is 4.90 Å². The molecule has 1 aromatic rings. The maximum atomic E-state index is 6.32. The summed E-state index contributed by atoms with van der Waals surface area (Å²) in [6, 6.07) is 6.31. The number of benzene rings is 1. The molecule has 0 bridgehead atoms. The van der Waals surface area contributed by atoms with E-state index in [1.165, 1.54) is 5.56 Å². The third kappa shape index (κ3) is 3.35. The highest BCUT2D eigenvalue weighted by Gasteiger charge is 2.12. The third-order valence-corrected chi connectivity index (χ3v) is 3.51. The van der Waals surface area contributed by atoms with Crippen LogP contribution in [0.15, 0.2) is 18.2 Å². The first kappa shape index (κ1) is 12.7. The Morgan fingerprint density at radius 2 is 2.00 bits per heavy atom. The summed E-state index contributed by atoms with van der Waals surface area (Å²) in [6.45, 7) is 5.31. The largest absolute Gasteiger partial charge is 0.378 e. The molecule has 0 aromatic heterocycles. The molecule has 0 saturated carbocycles. The van der Waals surface area contributed by atoms with Crippen molar-refractivity contribution in [1.29, 1.82) is 0 Å². The Balaban J connectivity index is 2.05. The Morgan fingerprint density at radius 3 is 2.59 bits per heavy atom. The molecule has 0 amide bonds. The van der Waals surface area contributed by atoms with Crippen molar-refractivity contribution in [2.45, 2.75) is 6.54 Å². The number of piperazine rings is 1. The second-order valence-corrected chi connectivity index (χ2v) is 5.10. The SMILES string of the molecule is CN(C)c1ccc(CN2CCNCC2)c(Cl)c1. The van der Waals surface area contributed by atoms with Crippen LogP contribution in [0.4, 0.5) is 5.69 Å². The maximum absolute atomic E-state index is 6.32. The minimum atomic E-state index is 0.870. The first-order valence-corrected chi connectivity index (χ1v) is 6.43. The molecular formula is C13H20ClN3. The van der Waals surface area contributed by atoms with Crippen LogP contribution in [0.5, 0.6) is 0 Å². The van der Waals surface area contributed by atoms with Gasteiger partial charge in [-0.1, -0.05) is 17.7 Å². The summed E-state index contributed by atoms with van der Waals surface area (Å²) in [6.07, 6.45) is 0. The summed E-state index contributed by atoms with van der Waals surface area (Å²) in [4.78, 5) is 4.51. The molecule has 1 aliphatic rings. The van der Waals surface area contributed by atoms with Gasteiger partial charge in [-0.05, 0) is 17.7 Å². The smallest absolute Gasteiger partial charge is 0.0471 e. The first-order chi connectivity index (χ1) is 8.16. The van der Waals surface area contributed by atoms with Crippen molar-refractivity contribution in [3.8, 4) is 0 Å². The van der Waals surface area contributed by atoms with Crippen LogP contribution in [0.2, 0.25) is 5.02 Å². The Hall–Kier alpha value is -0.770. The Labute approximate surface area is 108 Å². The molecule has 3 nitrogen and oxygen atoms in total. The Kier molecular flexibility index (Phi) is 4.26. The third-order valence-electron chi connectivity index (χ3n) is 3.16. The molecular weight excluding hydrogens is 234 g/mol. The standard InChI is InChI=1S/C13H20ClN3/c1-16(2)12-4-3-11(13(14)9-12)10-17-7-5-15-6-8-17/h3-4,9,15H,5-8,10H2,1-2H3. The van der Waals surface area contributed by atoms with E-state index in [9.17, 15) is 0 Å². The van der Waals surface area contributed by atoms with E-state index in [1.807, 2.05) is 20.2 Å². The fourth-order valence-electron chi connectivity index (χ4n) is 2.05. The summed E-state index contributed by atoms with van der Waals surface area (Å²) in [5.74, 6) is 0. The minimum absolute atomic E-state index is 0.870. The molecule has 0 spiro atoms. The molecule has 17 heavy (non-hydrogen) atoms. The summed E-state index contributed by atoms with van der Waals surface area (Å²) in [5, 5.41) is 4.23. The second-order valence-electron chi connectivity index (χ2n) is 4.70. The molecule has 1 N–H and O–H groups in total. The van der Waals surface area contributed by atoms with Gasteiger partial charge in [0.05, 0.1) is 0 Å². The molecule has 0 unspecified atom stereocenters. The van der Waals surface area contributed by atoms with Crippen LogP contribution in [-0.4, -0.2) is 45.2 Å². The molecule has 4 heteroatoms. The molecule has 94 valence electrons. The van der Waals surface area contributed by atoms with Gasteiger partial charge in [0, 0.05) is 57.5 Å². The van der Waals surface area contributed by atoms with Crippen molar-refractivity contribution >= 4 is 17.3 Å². The summed E-state index contributed by atoms with van der Waals surface area (Å²) in [7, 11) is 4.06. The minimum Gasteiger partial charge on any atom is -0.378 e. The van der Waals surface area contributed by atoms with Gasteiger partial charge in [0.1, 0.15) is 0 Å². The Morgan fingerprint density at radius 1 is 1.29 bits per heavy atom. The summed E-state index contributed by atoms with van der Waals surface area (Å²) < 4.78 is 0. The van der Waals surface area contributed by atoms with Crippen LogP contribution in [0.1, 0.15) is 5.56 Å². The molecule has 1 fully saturated rings. The Bertz CT molecular complexity index is 373. The van der Waals surface area contributed by atoms with E-state index < -0.39 is 0 Å². The van der Waals surface area contributed by atoms with E-state index in [2.05, 4.69) is 27.2 Å². The average Bonchev–Trinajstić information content (AvgIpc) is 2.33. The van der Waals surface area contributed by atoms with Gasteiger partial charge in [-0.2, -0.15) is 0 Å². The van der Waals surface area contributed by atoms with E-state index in [0.717, 1.165) is 43.4 Å². The van der Waals surface area contributed by atoms with Crippen LogP contribution in [0.3, 0.4) is 0 Å². The van der Waals surface area contributed by atoms with Crippen molar-refractivity contribution in [3.63, 3.8) is 0 Å². The average molecular weight is 254 g/mol. The van der Waals surface area contributed by atoms with E-state index in [1.54, 1.807) is 0 Å². The van der Waals surface area contributed by atoms with Gasteiger partial charge >= 0.3 is 0 Å². The van der Waals surface area contributed by atoms with Crippen molar-refractivity contribution < 1.29 is 0 Å². The quantitative estimate of drug-likeness (QED) is 0.887. The molecule has 2 rings (SSSR count). The topological polar surface area (TPSA) is 18.5 Å². The van der Waals surface area contributed by atoms with Gasteiger partial charge in [0.25, 0.3) is 0 Å². The molecule has 1 saturated heterocycles. The number of hydrogen-bond acceptors (Lipinski definition) is 3. The van der Waals surface area contributed by atoms with Gasteiger partial charge in [0.2, 0.25) is 0 Å². The van der Waals surface area contributed by atoms with Gasteiger partial charge in [0.15, 0.2) is 0 Å². The van der Waals surface area contributed by atoms with Gasteiger partial charge in [-0.25, -0.2) is 0 Å². The zero-order valence-corrected chi connectivity index (χ0v) is 11.3. The number of halogens is 1. The molecule has 1 aromatic carbocycles. The maximum Gasteiger partial charge on any atom is 0.0471 e. The normalized spacial score (nSPS) is 17.1. The number of rotatable bonds is 3. The molecule has 0 radical (unpaired) electrons. The fraction of sp³-hybridized carbons (Fsp3) is 0.538. The van der Waals surface area contributed by atoms with Crippen LogP contribution in [0.25, 0.3) is 0 Å². The van der Waals surface area contributed by atoms with E-state index >= 15 is 0 Å². The molecule has 0 aliphatic carbocycles. The number of nitrogens with one attached hydrogen (secondary N) is 1. The van der Waals surface area contributed by atoms with Crippen molar-refractivity contribution in [2.24, 2.45) is 0 Å². The molecule has 0 atom stereocenters. The molecule has 1 aliphatic heterocycles. The van der Waals surface area contributed by atoms with Gasteiger partial charge < -0.3 is 10.2 Å². The van der Waals surface area contributed by atoms with Crippen molar-refractivity contribution in [2.75, 3.05) is 45.2 Å². The number of hydrogen-bond donors (Lipinski definition) is 1. The highest BCUT2D eigenvalue weighted by molar-refractivity contribution is 6.31. The van der Waals surface area contributed by atoms with Gasteiger partial charge in [-0.15, -0.1) is 0 Å². The van der Waals surface area contributed by atoms with E-state index in [4.69, 9.17) is 11.6 Å². The predicted molar refractivity (Wildman–Crippen MR) is 73.9 cm³/mol. The monoisotopic (exact) mass is 253 g/mol. The van der Waals surface area contributed by atoms with E-state index in [-0.39, 0.29) is 0 Å². The highest BCUT2D eigenvalue weighted by atomic mass is 35.5. The zero-order valence-electron chi connectivity index (χ0n) is 10.5. The summed E-state index contributed by atoms with van der Waals surface area (Å²) >= 11 is 6.32. The second kappa shape index (κ2) is 5.71. The zero-order chi connectivity index (χ0) is 12.3. The van der Waals surface area contributed by atoms with Crippen LogP contribution < -0.4 is 10.2 Å². The lowest BCUT2D eigenvalue weighted by atomic mass is 10.1. The number of nitrogens with zero attached hydrogens (tertiary/aromatic N) is 2. The molecule has 1 heterocycles. The lowest BCUT2D eigenvalue weighted by Crippen LogP contribution is -2.42. The lowest BCUT2D eigenvalue weighted by molar-refractivity contribution is 0.233. The summed E-state index contributed by atoms with van der Waals surface area (Å²) in [5.41, 5.74) is 2.37. The fourth-order valence-corrected chi connectivity index (χ4v) is 2.29. The number of anilines is 1.